The minimum Gasteiger partial charge on any atom is -0.372 e. The van der Waals surface area contributed by atoms with Gasteiger partial charge in [0.1, 0.15) is 6.61 Å². The lowest BCUT2D eigenvalue weighted by Crippen LogP contribution is -2.32. The molecule has 2 nitrogen and oxygen atoms in total. The van der Waals surface area contributed by atoms with E-state index in [0.717, 1.165) is 25.7 Å². The van der Waals surface area contributed by atoms with Crippen LogP contribution in [0.1, 0.15) is 44.9 Å². The largest absolute Gasteiger partial charge is 0.411 e. The molecule has 1 aliphatic rings. The Labute approximate surface area is 101 Å². The summed E-state index contributed by atoms with van der Waals surface area (Å²) < 4.78 is 40.4. The van der Waals surface area contributed by atoms with Crippen molar-refractivity contribution in [1.82, 2.24) is 0 Å². The quantitative estimate of drug-likeness (QED) is 0.603. The first-order valence-corrected chi connectivity index (χ1v) is 6.32. The van der Waals surface area contributed by atoms with Crippen molar-refractivity contribution in [2.45, 2.75) is 51.1 Å². The molecule has 0 amide bonds. The van der Waals surface area contributed by atoms with E-state index in [1.54, 1.807) is 0 Å². The summed E-state index contributed by atoms with van der Waals surface area (Å²) in [6, 6.07) is 0. The maximum absolute atomic E-state index is 11.9. The van der Waals surface area contributed by atoms with Crippen molar-refractivity contribution >= 4 is 0 Å². The molecule has 17 heavy (non-hydrogen) atoms. The standard InChI is InChI=1S/C12H22F3NO/c13-12(14,15)10-17-8-7-11(9-16)5-3-1-2-4-6-11/h1-10,16H2. The number of alkyl halides is 3. The fraction of sp³-hybridized carbons (Fsp3) is 1.00. The molecule has 1 fully saturated rings. The zero-order valence-corrected chi connectivity index (χ0v) is 10.2. The smallest absolute Gasteiger partial charge is 0.372 e. The molecule has 0 atom stereocenters. The van der Waals surface area contributed by atoms with Crippen molar-refractivity contribution in [3.63, 3.8) is 0 Å². The second-order valence-electron chi connectivity index (χ2n) is 5.04. The van der Waals surface area contributed by atoms with Gasteiger partial charge in [-0.3, -0.25) is 0 Å². The highest BCUT2D eigenvalue weighted by Gasteiger charge is 2.31. The minimum absolute atomic E-state index is 0.0160. The molecule has 0 aromatic carbocycles. The molecule has 5 heteroatoms. The molecule has 0 heterocycles. The van der Waals surface area contributed by atoms with E-state index in [1.807, 2.05) is 0 Å². The Morgan fingerprint density at radius 1 is 1.06 bits per heavy atom. The lowest BCUT2D eigenvalue weighted by atomic mass is 9.78. The summed E-state index contributed by atoms with van der Waals surface area (Å²) in [7, 11) is 0. The fourth-order valence-electron chi connectivity index (χ4n) is 2.51. The van der Waals surface area contributed by atoms with Crippen LogP contribution in [0.15, 0.2) is 0 Å². The third-order valence-electron chi connectivity index (χ3n) is 3.64. The third kappa shape index (κ3) is 5.73. The molecule has 1 aliphatic carbocycles. The molecule has 0 bridgehead atoms. The lowest BCUT2D eigenvalue weighted by molar-refractivity contribution is -0.175. The molecule has 0 spiro atoms. The van der Waals surface area contributed by atoms with E-state index in [9.17, 15) is 13.2 Å². The van der Waals surface area contributed by atoms with E-state index >= 15 is 0 Å². The zero-order chi connectivity index (χ0) is 12.8. The van der Waals surface area contributed by atoms with Gasteiger partial charge in [0.15, 0.2) is 0 Å². The molecule has 0 radical (unpaired) electrons. The molecule has 0 unspecified atom stereocenters. The average molecular weight is 253 g/mol. The summed E-state index contributed by atoms with van der Waals surface area (Å²) in [5, 5.41) is 0. The molecular formula is C12H22F3NO. The monoisotopic (exact) mass is 253 g/mol. The Balaban J connectivity index is 2.30. The second-order valence-corrected chi connectivity index (χ2v) is 5.04. The highest BCUT2D eigenvalue weighted by Crippen LogP contribution is 2.37. The highest BCUT2D eigenvalue weighted by atomic mass is 19.4. The van der Waals surface area contributed by atoms with Gasteiger partial charge < -0.3 is 10.5 Å². The Bertz CT molecular complexity index is 210. The van der Waals surface area contributed by atoms with Crippen LogP contribution >= 0.6 is 0 Å². The van der Waals surface area contributed by atoms with Gasteiger partial charge in [0.25, 0.3) is 0 Å². The Kier molecular flexibility index (Phi) is 5.73. The van der Waals surface area contributed by atoms with Crippen LogP contribution in [0, 0.1) is 5.41 Å². The van der Waals surface area contributed by atoms with Gasteiger partial charge >= 0.3 is 6.18 Å². The van der Waals surface area contributed by atoms with Gasteiger partial charge in [-0.25, -0.2) is 0 Å². The third-order valence-corrected chi connectivity index (χ3v) is 3.64. The topological polar surface area (TPSA) is 35.2 Å². The van der Waals surface area contributed by atoms with Crippen LogP contribution in [0.3, 0.4) is 0 Å². The second kappa shape index (κ2) is 6.59. The van der Waals surface area contributed by atoms with E-state index in [1.165, 1.54) is 12.8 Å². The van der Waals surface area contributed by atoms with Crippen LogP contribution in [-0.4, -0.2) is 25.9 Å². The Morgan fingerprint density at radius 2 is 1.65 bits per heavy atom. The van der Waals surface area contributed by atoms with Gasteiger partial charge in [-0.05, 0) is 31.2 Å². The van der Waals surface area contributed by atoms with Crippen LogP contribution < -0.4 is 5.73 Å². The molecule has 0 aliphatic heterocycles. The van der Waals surface area contributed by atoms with Gasteiger partial charge in [0.2, 0.25) is 0 Å². The maximum atomic E-state index is 11.9. The van der Waals surface area contributed by atoms with Crippen LogP contribution in [-0.2, 0) is 4.74 Å². The van der Waals surface area contributed by atoms with Crippen molar-refractivity contribution < 1.29 is 17.9 Å². The SMILES string of the molecule is NCC1(CCOCC(F)(F)F)CCCCCC1. The van der Waals surface area contributed by atoms with Crippen molar-refractivity contribution in [2.24, 2.45) is 11.1 Å². The minimum atomic E-state index is -4.22. The molecular weight excluding hydrogens is 231 g/mol. The summed E-state index contributed by atoms with van der Waals surface area (Å²) in [5.74, 6) is 0. The van der Waals surface area contributed by atoms with Gasteiger partial charge in [0.05, 0.1) is 0 Å². The Morgan fingerprint density at radius 3 is 2.12 bits per heavy atom. The normalized spacial score (nSPS) is 21.2. The molecule has 0 aromatic heterocycles. The van der Waals surface area contributed by atoms with Gasteiger partial charge in [0, 0.05) is 6.61 Å². The summed E-state index contributed by atoms with van der Waals surface area (Å²) in [6.07, 6.45) is 3.18. The summed E-state index contributed by atoms with van der Waals surface area (Å²) in [4.78, 5) is 0. The maximum Gasteiger partial charge on any atom is 0.411 e. The first kappa shape index (κ1) is 14.8. The summed E-state index contributed by atoms with van der Waals surface area (Å²) >= 11 is 0. The number of hydrogen-bond acceptors (Lipinski definition) is 2. The van der Waals surface area contributed by atoms with Crippen molar-refractivity contribution in [2.75, 3.05) is 19.8 Å². The van der Waals surface area contributed by atoms with Crippen LogP contribution in [0.4, 0.5) is 13.2 Å². The van der Waals surface area contributed by atoms with Crippen molar-refractivity contribution in [3.05, 3.63) is 0 Å². The summed E-state index contributed by atoms with van der Waals surface area (Å²) in [6.45, 7) is -0.424. The Hall–Kier alpha value is -0.290. The number of ether oxygens (including phenoxy) is 1. The van der Waals surface area contributed by atoms with Crippen LogP contribution in [0.2, 0.25) is 0 Å². The van der Waals surface area contributed by atoms with Crippen LogP contribution in [0.25, 0.3) is 0 Å². The van der Waals surface area contributed by atoms with Gasteiger partial charge in [-0.2, -0.15) is 13.2 Å². The van der Waals surface area contributed by atoms with E-state index < -0.39 is 12.8 Å². The van der Waals surface area contributed by atoms with E-state index in [4.69, 9.17) is 5.73 Å². The average Bonchev–Trinajstić information content (AvgIpc) is 2.49. The number of halogens is 3. The molecule has 0 aromatic rings. The predicted molar refractivity (Wildman–Crippen MR) is 60.7 cm³/mol. The number of hydrogen-bond donors (Lipinski definition) is 1. The molecule has 2 N–H and O–H groups in total. The zero-order valence-electron chi connectivity index (χ0n) is 10.2. The van der Waals surface area contributed by atoms with E-state index in [2.05, 4.69) is 4.74 Å². The van der Waals surface area contributed by atoms with Crippen molar-refractivity contribution in [1.29, 1.82) is 0 Å². The van der Waals surface area contributed by atoms with E-state index in [0.29, 0.717) is 13.0 Å². The van der Waals surface area contributed by atoms with Gasteiger partial charge in [-0.1, -0.05) is 25.7 Å². The lowest BCUT2D eigenvalue weighted by Gasteiger charge is -2.31. The number of nitrogens with two attached hydrogens (primary N) is 1. The molecule has 1 rings (SSSR count). The van der Waals surface area contributed by atoms with Crippen LogP contribution in [0.5, 0.6) is 0 Å². The first-order valence-electron chi connectivity index (χ1n) is 6.32. The predicted octanol–water partition coefficient (Wildman–Crippen LogP) is 3.25. The molecule has 1 saturated carbocycles. The molecule has 0 saturated heterocycles. The molecule has 102 valence electrons. The summed E-state index contributed by atoms with van der Waals surface area (Å²) in [5.41, 5.74) is 5.81. The number of rotatable bonds is 5. The fourth-order valence-corrected chi connectivity index (χ4v) is 2.51. The highest BCUT2D eigenvalue weighted by molar-refractivity contribution is 4.82. The van der Waals surface area contributed by atoms with Gasteiger partial charge in [-0.15, -0.1) is 0 Å². The van der Waals surface area contributed by atoms with E-state index in [-0.39, 0.29) is 12.0 Å². The first-order chi connectivity index (χ1) is 7.97. The van der Waals surface area contributed by atoms with Crippen molar-refractivity contribution in [3.8, 4) is 0 Å².